The molecule has 15 nitrogen and oxygen atoms in total. The van der Waals surface area contributed by atoms with Gasteiger partial charge in [-0.2, -0.15) is 0 Å². The van der Waals surface area contributed by atoms with Crippen molar-refractivity contribution in [1.82, 2.24) is 16.0 Å². The lowest BCUT2D eigenvalue weighted by atomic mass is 10.1. The molecule has 0 saturated heterocycles. The Kier molecular flexibility index (Phi) is 12.1. The number of carbonyl (C=O) groups excluding carboxylic acids is 4. The number of aliphatic carboxylic acids is 1. The minimum absolute atomic E-state index is 0.0405. The normalized spacial score (nSPS) is 13.3. The van der Waals surface area contributed by atoms with Gasteiger partial charge in [0.2, 0.25) is 23.6 Å². The van der Waals surface area contributed by atoms with Crippen LogP contribution in [0.15, 0.2) is 4.99 Å². The van der Waals surface area contributed by atoms with Gasteiger partial charge in [0.05, 0.1) is 25.6 Å². The first kappa shape index (κ1) is 26.5. The molecule has 0 aliphatic rings. The van der Waals surface area contributed by atoms with Crippen molar-refractivity contribution in [2.24, 2.45) is 27.9 Å². The summed E-state index contributed by atoms with van der Waals surface area (Å²) >= 11 is 0. The van der Waals surface area contributed by atoms with Crippen molar-refractivity contribution >= 4 is 35.6 Å². The van der Waals surface area contributed by atoms with E-state index in [4.69, 9.17) is 28.0 Å². The monoisotopic (exact) mass is 432 g/mol. The highest BCUT2D eigenvalue weighted by atomic mass is 16.4. The predicted octanol–water partition coefficient (Wildman–Crippen LogP) is -5.59. The van der Waals surface area contributed by atoms with Crippen LogP contribution in [0.5, 0.6) is 0 Å². The number of carboxylic acid groups (broad SMARTS) is 1. The van der Waals surface area contributed by atoms with Gasteiger partial charge in [-0.25, -0.2) is 4.79 Å². The SMILES string of the molecule is NC(=O)CC(N)C(=O)NC(CO)C(=O)NCC(=O)NC(CCCN=C(N)N)C(=O)O. The highest BCUT2D eigenvalue weighted by molar-refractivity contribution is 5.93. The molecule has 170 valence electrons. The number of aliphatic hydroxyl groups excluding tert-OH is 1. The number of nitrogens with zero attached hydrogens (tertiary/aromatic N) is 1. The summed E-state index contributed by atoms with van der Waals surface area (Å²) in [5.74, 6) is -4.90. The van der Waals surface area contributed by atoms with Crippen molar-refractivity contribution < 1.29 is 34.2 Å². The highest BCUT2D eigenvalue weighted by Crippen LogP contribution is 1.98. The number of nitrogens with one attached hydrogen (secondary N) is 3. The molecule has 0 fully saturated rings. The first-order valence-corrected chi connectivity index (χ1v) is 8.78. The summed E-state index contributed by atoms with van der Waals surface area (Å²) in [6.45, 7) is -1.25. The Labute approximate surface area is 171 Å². The van der Waals surface area contributed by atoms with Gasteiger partial charge >= 0.3 is 5.97 Å². The van der Waals surface area contributed by atoms with Gasteiger partial charge in [0.1, 0.15) is 12.1 Å². The number of guanidine groups is 1. The standard InChI is InChI=1S/C15H28N8O7/c16-7(4-10(17)25)12(27)23-9(6-24)13(28)21-5-11(26)22-8(14(29)30)2-1-3-20-15(18)19/h7-9,24H,1-6,16H2,(H2,17,25)(H,21,28)(H,22,26)(H,23,27)(H,29,30)(H4,18,19,20). The first-order chi connectivity index (χ1) is 14.0. The Morgan fingerprint density at radius 1 is 0.967 bits per heavy atom. The summed E-state index contributed by atoms with van der Waals surface area (Å²) < 4.78 is 0. The smallest absolute Gasteiger partial charge is 0.326 e. The quantitative estimate of drug-likeness (QED) is 0.0712. The van der Waals surface area contributed by atoms with E-state index in [2.05, 4.69) is 20.9 Å². The Morgan fingerprint density at radius 2 is 1.60 bits per heavy atom. The molecule has 3 atom stereocenters. The molecule has 0 aliphatic heterocycles. The molecular formula is C15H28N8O7. The third-order valence-electron chi connectivity index (χ3n) is 3.58. The molecule has 0 spiro atoms. The van der Waals surface area contributed by atoms with Crippen LogP contribution in [-0.4, -0.2) is 83.6 Å². The zero-order valence-electron chi connectivity index (χ0n) is 16.2. The molecule has 3 unspecified atom stereocenters. The molecule has 0 rings (SSSR count). The van der Waals surface area contributed by atoms with Crippen molar-refractivity contribution in [1.29, 1.82) is 0 Å². The molecule has 0 radical (unpaired) electrons. The third-order valence-corrected chi connectivity index (χ3v) is 3.58. The summed E-state index contributed by atoms with van der Waals surface area (Å²) in [6.07, 6.45) is -0.141. The number of primary amides is 1. The van der Waals surface area contributed by atoms with Crippen molar-refractivity contribution in [3.63, 3.8) is 0 Å². The summed E-state index contributed by atoms with van der Waals surface area (Å²) in [6, 6.07) is -3.99. The molecule has 30 heavy (non-hydrogen) atoms. The third kappa shape index (κ3) is 11.4. The van der Waals surface area contributed by atoms with Gasteiger partial charge in [-0.1, -0.05) is 0 Å². The second kappa shape index (κ2) is 13.7. The van der Waals surface area contributed by atoms with Crippen LogP contribution in [0.1, 0.15) is 19.3 Å². The number of amides is 4. The van der Waals surface area contributed by atoms with Gasteiger partial charge in [-0.3, -0.25) is 24.2 Å². The fourth-order valence-corrected chi connectivity index (χ4v) is 2.08. The lowest BCUT2D eigenvalue weighted by Gasteiger charge is -2.19. The molecule has 0 aromatic heterocycles. The van der Waals surface area contributed by atoms with Gasteiger partial charge in [0.15, 0.2) is 5.96 Å². The maximum absolute atomic E-state index is 12.0. The van der Waals surface area contributed by atoms with Crippen LogP contribution in [0.4, 0.5) is 0 Å². The molecule has 13 N–H and O–H groups in total. The summed E-state index contributed by atoms with van der Waals surface area (Å²) in [5.41, 5.74) is 20.6. The van der Waals surface area contributed by atoms with E-state index in [-0.39, 0.29) is 25.3 Å². The van der Waals surface area contributed by atoms with Gasteiger partial charge in [-0.15, -0.1) is 0 Å². The lowest BCUT2D eigenvalue weighted by molar-refractivity contribution is -0.142. The predicted molar refractivity (Wildman–Crippen MR) is 103 cm³/mol. The van der Waals surface area contributed by atoms with Crippen LogP contribution in [0.2, 0.25) is 0 Å². The van der Waals surface area contributed by atoms with E-state index in [1.165, 1.54) is 0 Å². The molecule has 0 saturated carbocycles. The highest BCUT2D eigenvalue weighted by Gasteiger charge is 2.25. The van der Waals surface area contributed by atoms with Crippen LogP contribution < -0.4 is 38.9 Å². The number of carbonyl (C=O) groups is 5. The van der Waals surface area contributed by atoms with Crippen molar-refractivity contribution in [2.75, 3.05) is 19.7 Å². The van der Waals surface area contributed by atoms with Gasteiger partial charge in [0, 0.05) is 6.54 Å². The lowest BCUT2D eigenvalue weighted by Crippen LogP contribution is -2.55. The fraction of sp³-hybridized carbons (Fsp3) is 0.600. The topological polar surface area (TPSA) is 278 Å². The zero-order valence-corrected chi connectivity index (χ0v) is 16.2. The second-order valence-electron chi connectivity index (χ2n) is 6.15. The molecule has 15 heteroatoms. The first-order valence-electron chi connectivity index (χ1n) is 8.78. The Hall–Kier alpha value is -3.46. The number of carboxylic acids is 1. The maximum Gasteiger partial charge on any atom is 0.326 e. The number of hydrogen-bond donors (Lipinski definition) is 9. The molecule has 0 heterocycles. The zero-order chi connectivity index (χ0) is 23.3. The van der Waals surface area contributed by atoms with E-state index in [0.717, 1.165) is 0 Å². The van der Waals surface area contributed by atoms with E-state index in [9.17, 15) is 29.1 Å². The molecule has 0 bridgehead atoms. The minimum atomic E-state index is -1.45. The maximum atomic E-state index is 12.0. The van der Waals surface area contributed by atoms with Crippen molar-refractivity contribution in [2.45, 2.75) is 37.4 Å². The van der Waals surface area contributed by atoms with E-state index >= 15 is 0 Å². The molecule has 4 amide bonds. The van der Waals surface area contributed by atoms with Crippen LogP contribution in [-0.2, 0) is 24.0 Å². The molecule has 0 aliphatic carbocycles. The van der Waals surface area contributed by atoms with Crippen molar-refractivity contribution in [3.8, 4) is 0 Å². The Morgan fingerprint density at radius 3 is 2.10 bits per heavy atom. The number of hydrogen-bond acceptors (Lipinski definition) is 8. The molecular weight excluding hydrogens is 404 g/mol. The average Bonchev–Trinajstić information content (AvgIpc) is 2.65. The van der Waals surface area contributed by atoms with Gasteiger partial charge in [0.25, 0.3) is 0 Å². The van der Waals surface area contributed by atoms with Crippen molar-refractivity contribution in [3.05, 3.63) is 0 Å². The van der Waals surface area contributed by atoms with Crippen LogP contribution in [0.25, 0.3) is 0 Å². The van der Waals surface area contributed by atoms with Crippen LogP contribution in [0.3, 0.4) is 0 Å². The number of aliphatic hydroxyl groups is 1. The number of nitrogens with two attached hydrogens (primary N) is 4. The van der Waals surface area contributed by atoms with Crippen LogP contribution in [0, 0.1) is 0 Å². The Bertz CT molecular complexity index is 665. The number of aliphatic imine (C=N–C) groups is 1. The van der Waals surface area contributed by atoms with E-state index in [0.29, 0.717) is 0 Å². The summed E-state index contributed by atoms with van der Waals surface area (Å²) in [5, 5.41) is 24.8. The van der Waals surface area contributed by atoms with E-state index in [1.54, 1.807) is 0 Å². The molecule has 0 aromatic carbocycles. The van der Waals surface area contributed by atoms with E-state index < -0.39 is 67.3 Å². The van der Waals surface area contributed by atoms with Crippen LogP contribution >= 0.6 is 0 Å². The number of rotatable bonds is 14. The molecule has 0 aromatic rings. The van der Waals surface area contributed by atoms with Gasteiger partial charge in [-0.05, 0) is 12.8 Å². The summed E-state index contributed by atoms with van der Waals surface area (Å²) in [7, 11) is 0. The Balaban J connectivity index is 4.57. The largest absolute Gasteiger partial charge is 0.480 e. The minimum Gasteiger partial charge on any atom is -0.480 e. The van der Waals surface area contributed by atoms with Gasteiger partial charge < -0.3 is 49.1 Å². The average molecular weight is 432 g/mol. The fourth-order valence-electron chi connectivity index (χ4n) is 2.08. The second-order valence-corrected chi connectivity index (χ2v) is 6.15. The summed E-state index contributed by atoms with van der Waals surface area (Å²) in [4.78, 5) is 61.3. The van der Waals surface area contributed by atoms with E-state index in [1.807, 2.05) is 0 Å².